The second-order valence-corrected chi connectivity index (χ2v) is 7.14. The fourth-order valence-electron chi connectivity index (χ4n) is 3.85. The summed E-state index contributed by atoms with van der Waals surface area (Å²) in [6, 6.07) is 16.9. The Hall–Kier alpha value is -3.48. The molecule has 1 fully saturated rings. The average Bonchev–Trinajstić information content (AvgIpc) is 3.24. The molecule has 6 nitrogen and oxygen atoms in total. The Morgan fingerprint density at radius 3 is 2.28 bits per heavy atom. The van der Waals surface area contributed by atoms with Crippen molar-refractivity contribution in [2.24, 2.45) is 0 Å². The zero-order chi connectivity index (χ0) is 20.4. The number of likely N-dealkylation sites (tertiary alicyclic amines) is 1. The second kappa shape index (κ2) is 7.50. The molecular weight excluding hydrogens is 373 g/mol. The van der Waals surface area contributed by atoms with E-state index in [1.54, 1.807) is 35.4 Å². The number of carbonyl (C=O) groups excluding carboxylic acids is 1. The SMILES string of the molecule is O=C(c1ccn(-c2ccccc2F)n1)N1CCC(C(=O)O)(c2ccccc2)CC1. The third-order valence-electron chi connectivity index (χ3n) is 5.55. The van der Waals surface area contributed by atoms with E-state index in [0.29, 0.717) is 25.9 Å². The van der Waals surface area contributed by atoms with E-state index in [0.717, 1.165) is 5.56 Å². The van der Waals surface area contributed by atoms with Gasteiger partial charge >= 0.3 is 5.97 Å². The van der Waals surface area contributed by atoms with Gasteiger partial charge in [0.2, 0.25) is 0 Å². The lowest BCUT2D eigenvalue weighted by Crippen LogP contribution is -2.49. The first kappa shape index (κ1) is 18.9. The van der Waals surface area contributed by atoms with E-state index in [1.165, 1.54) is 10.7 Å². The number of piperidine rings is 1. The summed E-state index contributed by atoms with van der Waals surface area (Å²) in [7, 11) is 0. The Morgan fingerprint density at radius 1 is 0.966 bits per heavy atom. The van der Waals surface area contributed by atoms with Gasteiger partial charge in [-0.2, -0.15) is 5.10 Å². The van der Waals surface area contributed by atoms with Crippen LogP contribution in [0.2, 0.25) is 0 Å². The Morgan fingerprint density at radius 2 is 1.62 bits per heavy atom. The topological polar surface area (TPSA) is 75.4 Å². The van der Waals surface area contributed by atoms with Crippen molar-refractivity contribution in [3.8, 4) is 5.69 Å². The van der Waals surface area contributed by atoms with Crippen molar-refractivity contribution in [3.05, 3.63) is 83.9 Å². The van der Waals surface area contributed by atoms with E-state index in [4.69, 9.17) is 0 Å². The molecule has 3 aromatic rings. The molecule has 0 atom stereocenters. The van der Waals surface area contributed by atoms with Crippen molar-refractivity contribution < 1.29 is 19.1 Å². The van der Waals surface area contributed by atoms with E-state index in [2.05, 4.69) is 5.10 Å². The molecule has 2 aromatic carbocycles. The largest absolute Gasteiger partial charge is 0.481 e. The maximum absolute atomic E-state index is 14.0. The van der Waals surface area contributed by atoms with Gasteiger partial charge < -0.3 is 10.0 Å². The van der Waals surface area contributed by atoms with Gasteiger partial charge in [0, 0.05) is 19.3 Å². The number of carbonyl (C=O) groups is 2. The number of para-hydroxylation sites is 1. The predicted octanol–water partition coefficient (Wildman–Crippen LogP) is 3.27. The van der Waals surface area contributed by atoms with Crippen LogP contribution >= 0.6 is 0 Å². The minimum atomic E-state index is -0.995. The zero-order valence-corrected chi connectivity index (χ0v) is 15.7. The van der Waals surface area contributed by atoms with Crippen molar-refractivity contribution >= 4 is 11.9 Å². The number of carboxylic acids is 1. The van der Waals surface area contributed by atoms with Gasteiger partial charge in [0.05, 0.1) is 5.41 Å². The van der Waals surface area contributed by atoms with Gasteiger partial charge in [-0.15, -0.1) is 0 Å². The van der Waals surface area contributed by atoms with Crippen LogP contribution in [0.15, 0.2) is 66.9 Å². The van der Waals surface area contributed by atoms with Gasteiger partial charge in [-0.25, -0.2) is 9.07 Å². The first-order chi connectivity index (χ1) is 14.0. The summed E-state index contributed by atoms with van der Waals surface area (Å²) in [4.78, 5) is 26.5. The number of aliphatic carboxylic acids is 1. The van der Waals surface area contributed by atoms with E-state index in [9.17, 15) is 19.1 Å². The first-order valence-corrected chi connectivity index (χ1v) is 9.40. The lowest BCUT2D eigenvalue weighted by atomic mass is 9.73. The number of benzene rings is 2. The lowest BCUT2D eigenvalue weighted by molar-refractivity contribution is -0.145. The normalized spacial score (nSPS) is 15.8. The van der Waals surface area contributed by atoms with Crippen LogP contribution < -0.4 is 0 Å². The Bertz CT molecular complexity index is 1040. The Labute approximate surface area is 167 Å². The molecule has 0 unspecified atom stereocenters. The summed E-state index contributed by atoms with van der Waals surface area (Å²) in [6.45, 7) is 0.624. The molecule has 0 radical (unpaired) electrons. The van der Waals surface area contributed by atoms with E-state index in [-0.39, 0.29) is 17.3 Å². The van der Waals surface area contributed by atoms with Crippen molar-refractivity contribution in [1.29, 1.82) is 0 Å². The number of aromatic nitrogens is 2. The maximum Gasteiger partial charge on any atom is 0.314 e. The highest BCUT2D eigenvalue weighted by molar-refractivity contribution is 5.92. The quantitative estimate of drug-likeness (QED) is 0.738. The second-order valence-electron chi connectivity index (χ2n) is 7.14. The Balaban J connectivity index is 1.51. The monoisotopic (exact) mass is 393 g/mol. The van der Waals surface area contributed by atoms with Crippen LogP contribution in [0.4, 0.5) is 4.39 Å². The molecule has 7 heteroatoms. The van der Waals surface area contributed by atoms with Gasteiger partial charge in [-0.3, -0.25) is 9.59 Å². The zero-order valence-electron chi connectivity index (χ0n) is 15.7. The van der Waals surface area contributed by atoms with Crippen LogP contribution in [0, 0.1) is 5.82 Å². The predicted molar refractivity (Wildman–Crippen MR) is 104 cm³/mol. The standard InChI is InChI=1S/C22H20FN3O3/c23-17-8-4-5-9-19(17)26-13-10-18(24-26)20(27)25-14-11-22(12-15-25,21(28)29)16-6-2-1-3-7-16/h1-10,13H,11-12,14-15H2,(H,28,29). The van der Waals surface area contributed by atoms with Crippen molar-refractivity contribution in [1.82, 2.24) is 14.7 Å². The average molecular weight is 393 g/mol. The number of hydrogen-bond donors (Lipinski definition) is 1. The molecule has 148 valence electrons. The van der Waals surface area contributed by atoms with E-state index < -0.39 is 17.2 Å². The number of carboxylic acid groups (broad SMARTS) is 1. The minimum Gasteiger partial charge on any atom is -0.481 e. The lowest BCUT2D eigenvalue weighted by Gasteiger charge is -2.39. The highest BCUT2D eigenvalue weighted by atomic mass is 19.1. The molecule has 4 rings (SSSR count). The number of hydrogen-bond acceptors (Lipinski definition) is 3. The van der Waals surface area contributed by atoms with Gasteiger partial charge in [-0.05, 0) is 36.6 Å². The molecule has 0 aliphatic carbocycles. The van der Waals surface area contributed by atoms with Gasteiger partial charge in [0.15, 0.2) is 5.69 Å². The third kappa shape index (κ3) is 3.40. The summed E-state index contributed by atoms with van der Waals surface area (Å²) in [5.74, 6) is -1.59. The van der Waals surface area contributed by atoms with Crippen LogP contribution in [0.3, 0.4) is 0 Å². The third-order valence-corrected chi connectivity index (χ3v) is 5.55. The van der Waals surface area contributed by atoms with Crippen LogP contribution in [0.25, 0.3) is 5.69 Å². The minimum absolute atomic E-state index is 0.204. The van der Waals surface area contributed by atoms with Gasteiger partial charge in [-0.1, -0.05) is 42.5 Å². The first-order valence-electron chi connectivity index (χ1n) is 9.40. The van der Waals surface area contributed by atoms with Gasteiger partial charge in [0.1, 0.15) is 11.5 Å². The van der Waals surface area contributed by atoms with Crippen LogP contribution in [0.5, 0.6) is 0 Å². The summed E-state index contributed by atoms with van der Waals surface area (Å²) in [5.41, 5.74) is 0.225. The fourth-order valence-corrected chi connectivity index (χ4v) is 3.85. The van der Waals surface area contributed by atoms with Crippen LogP contribution in [-0.2, 0) is 10.2 Å². The van der Waals surface area contributed by atoms with Crippen LogP contribution in [-0.4, -0.2) is 44.8 Å². The highest BCUT2D eigenvalue weighted by Gasteiger charge is 2.44. The number of rotatable bonds is 4. The van der Waals surface area contributed by atoms with Crippen molar-refractivity contribution in [3.63, 3.8) is 0 Å². The molecule has 1 saturated heterocycles. The molecule has 0 bridgehead atoms. The summed E-state index contributed by atoms with van der Waals surface area (Å²) in [5, 5.41) is 14.1. The highest BCUT2D eigenvalue weighted by Crippen LogP contribution is 2.36. The van der Waals surface area contributed by atoms with Crippen molar-refractivity contribution in [2.45, 2.75) is 18.3 Å². The fraction of sp³-hybridized carbons (Fsp3) is 0.227. The van der Waals surface area contributed by atoms with Crippen molar-refractivity contribution in [2.75, 3.05) is 13.1 Å². The summed E-state index contributed by atoms with van der Waals surface area (Å²) >= 11 is 0. The molecule has 0 spiro atoms. The maximum atomic E-state index is 14.0. The summed E-state index contributed by atoms with van der Waals surface area (Å²) in [6.07, 6.45) is 2.19. The van der Waals surface area contributed by atoms with Crippen LogP contribution in [0.1, 0.15) is 28.9 Å². The molecule has 29 heavy (non-hydrogen) atoms. The molecular formula is C22H20FN3O3. The molecule has 1 aliphatic heterocycles. The molecule has 1 aromatic heterocycles. The van der Waals surface area contributed by atoms with E-state index in [1.807, 2.05) is 30.3 Å². The molecule has 1 amide bonds. The smallest absolute Gasteiger partial charge is 0.314 e. The van der Waals surface area contributed by atoms with Gasteiger partial charge in [0.25, 0.3) is 5.91 Å². The number of nitrogens with zero attached hydrogens (tertiary/aromatic N) is 3. The molecule has 0 saturated carbocycles. The van der Waals surface area contributed by atoms with E-state index >= 15 is 0 Å². The number of amides is 1. The molecule has 1 aliphatic rings. The molecule has 2 heterocycles. The molecule has 1 N–H and O–H groups in total. The Kier molecular flexibility index (Phi) is 4.88. The number of halogens is 1. The summed E-state index contributed by atoms with van der Waals surface area (Å²) < 4.78 is 15.3.